The molecule has 10 heteroatoms. The monoisotopic (exact) mass is 409 g/mol. The Morgan fingerprint density at radius 1 is 1.33 bits per heavy atom. The molecule has 0 radical (unpaired) electrons. The molecule has 2 aromatic carbocycles. The van der Waals surface area contributed by atoms with Gasteiger partial charge in [-0.05, 0) is 54.3 Å². The van der Waals surface area contributed by atoms with Crippen LogP contribution in [0.3, 0.4) is 0 Å². The van der Waals surface area contributed by atoms with Crippen molar-refractivity contribution in [3.63, 3.8) is 0 Å². The third-order valence-electron chi connectivity index (χ3n) is 4.15. The number of benzene rings is 2. The fourth-order valence-electron chi connectivity index (χ4n) is 3.08. The van der Waals surface area contributed by atoms with E-state index in [4.69, 9.17) is 17.3 Å². The van der Waals surface area contributed by atoms with Crippen LogP contribution in [0.1, 0.15) is 27.0 Å². The minimum absolute atomic E-state index is 0.0190. The van der Waals surface area contributed by atoms with E-state index in [1.165, 1.54) is 12.1 Å². The van der Waals surface area contributed by atoms with Gasteiger partial charge in [0.25, 0.3) is 5.91 Å². The molecule has 1 aliphatic heterocycles. The molecule has 0 unspecified atom stereocenters. The summed E-state index contributed by atoms with van der Waals surface area (Å²) in [7, 11) is -4.02. The number of hydrogen-bond donors (Lipinski definition) is 3. The quantitative estimate of drug-likeness (QED) is 0.699. The summed E-state index contributed by atoms with van der Waals surface area (Å²) in [6, 6.07) is 7.61. The average Bonchev–Trinajstić information content (AvgIpc) is 2.78. The molecule has 142 valence electrons. The minimum atomic E-state index is -4.02. The molecule has 1 fully saturated rings. The molecule has 0 saturated carbocycles. The standard InChI is InChI=1S/C17H16ClN3O5S/c1-9-4-12(18)7-11(16(9)17(19)24)5-10-2-3-13(14(22)6-10)21-8-15(23)20-27(21,25)26/h2-4,6-7,22H,5,8H2,1H3,(H2,19,24)(H,20,23). The van der Waals surface area contributed by atoms with Crippen LogP contribution >= 0.6 is 11.6 Å². The van der Waals surface area contributed by atoms with E-state index in [1.54, 1.807) is 25.1 Å². The Labute approximate surface area is 160 Å². The summed E-state index contributed by atoms with van der Waals surface area (Å²) in [5.74, 6) is -1.58. The highest BCUT2D eigenvalue weighted by Gasteiger charge is 2.35. The minimum Gasteiger partial charge on any atom is -0.506 e. The number of nitrogens with one attached hydrogen (secondary N) is 1. The number of phenols is 1. The molecule has 0 aromatic heterocycles. The fourth-order valence-corrected chi connectivity index (χ4v) is 4.53. The van der Waals surface area contributed by atoms with Crippen molar-refractivity contribution >= 4 is 39.3 Å². The first-order chi connectivity index (χ1) is 12.6. The number of anilines is 1. The predicted molar refractivity (Wildman–Crippen MR) is 100 cm³/mol. The lowest BCUT2D eigenvalue weighted by Gasteiger charge is -2.17. The third-order valence-corrected chi connectivity index (χ3v) is 5.76. The van der Waals surface area contributed by atoms with Crippen molar-refractivity contribution in [1.29, 1.82) is 0 Å². The summed E-state index contributed by atoms with van der Waals surface area (Å²) in [5.41, 5.74) is 7.62. The molecule has 1 saturated heterocycles. The van der Waals surface area contributed by atoms with Crippen LogP contribution in [-0.2, 0) is 21.4 Å². The molecule has 1 heterocycles. The highest BCUT2D eigenvalue weighted by molar-refractivity contribution is 7.92. The Balaban J connectivity index is 1.97. The number of aromatic hydroxyl groups is 1. The number of aryl methyl sites for hydroxylation is 1. The summed E-state index contributed by atoms with van der Waals surface area (Å²) in [6.45, 7) is 1.31. The maximum absolute atomic E-state index is 11.9. The Morgan fingerprint density at radius 3 is 2.59 bits per heavy atom. The van der Waals surface area contributed by atoms with Crippen molar-refractivity contribution < 1.29 is 23.1 Å². The summed E-state index contributed by atoms with van der Waals surface area (Å²) in [5, 5.41) is 10.7. The summed E-state index contributed by atoms with van der Waals surface area (Å²) in [6.07, 6.45) is 0.247. The Morgan fingerprint density at radius 2 is 2.04 bits per heavy atom. The molecule has 0 atom stereocenters. The maximum Gasteiger partial charge on any atom is 0.326 e. The lowest BCUT2D eigenvalue weighted by atomic mass is 9.95. The largest absolute Gasteiger partial charge is 0.506 e. The maximum atomic E-state index is 11.9. The first-order valence-corrected chi connectivity index (χ1v) is 9.64. The van der Waals surface area contributed by atoms with Crippen molar-refractivity contribution in [2.24, 2.45) is 5.73 Å². The number of amides is 2. The Kier molecular flexibility index (Phi) is 4.75. The van der Waals surface area contributed by atoms with E-state index >= 15 is 0 Å². The van der Waals surface area contributed by atoms with Crippen LogP contribution < -0.4 is 14.8 Å². The number of rotatable bonds is 4. The molecular formula is C17H16ClN3O5S. The van der Waals surface area contributed by atoms with Crippen molar-refractivity contribution in [1.82, 2.24) is 4.72 Å². The van der Waals surface area contributed by atoms with Crippen LogP contribution in [0.5, 0.6) is 5.75 Å². The van der Waals surface area contributed by atoms with Crippen LogP contribution in [0.15, 0.2) is 30.3 Å². The normalized spacial score (nSPS) is 15.6. The number of nitrogens with two attached hydrogens (primary N) is 1. The SMILES string of the molecule is Cc1cc(Cl)cc(Cc2ccc(N3CC(=O)NS3(=O)=O)c(O)c2)c1C(N)=O. The van der Waals surface area contributed by atoms with Crippen LogP contribution in [0, 0.1) is 6.92 Å². The van der Waals surface area contributed by atoms with Crippen LogP contribution in [0.25, 0.3) is 0 Å². The average molecular weight is 410 g/mol. The summed E-state index contributed by atoms with van der Waals surface area (Å²) >= 11 is 6.07. The lowest BCUT2D eigenvalue weighted by molar-refractivity contribution is -0.117. The summed E-state index contributed by atoms with van der Waals surface area (Å²) in [4.78, 5) is 23.1. The molecule has 2 aromatic rings. The van der Waals surface area contributed by atoms with E-state index in [2.05, 4.69) is 0 Å². The number of phenolic OH excluding ortho intramolecular Hbond substituents is 1. The molecule has 3 rings (SSSR count). The zero-order valence-corrected chi connectivity index (χ0v) is 15.8. The van der Waals surface area contributed by atoms with Gasteiger partial charge in [-0.1, -0.05) is 17.7 Å². The van der Waals surface area contributed by atoms with Crippen molar-refractivity contribution in [3.8, 4) is 5.75 Å². The zero-order valence-electron chi connectivity index (χ0n) is 14.2. The Bertz CT molecular complexity index is 1070. The van der Waals surface area contributed by atoms with E-state index in [1.807, 2.05) is 4.72 Å². The van der Waals surface area contributed by atoms with Gasteiger partial charge in [-0.3, -0.25) is 9.59 Å². The van der Waals surface area contributed by atoms with Gasteiger partial charge in [-0.15, -0.1) is 0 Å². The first kappa shape index (κ1) is 19.0. The van der Waals surface area contributed by atoms with Gasteiger partial charge in [0, 0.05) is 10.6 Å². The summed E-state index contributed by atoms with van der Waals surface area (Å²) < 4.78 is 26.4. The third kappa shape index (κ3) is 3.69. The van der Waals surface area contributed by atoms with Gasteiger partial charge in [-0.25, -0.2) is 9.03 Å². The first-order valence-electron chi connectivity index (χ1n) is 7.82. The van der Waals surface area contributed by atoms with Gasteiger partial charge in [-0.2, -0.15) is 8.42 Å². The van der Waals surface area contributed by atoms with Gasteiger partial charge in [0.05, 0.1) is 5.69 Å². The second-order valence-corrected chi connectivity index (χ2v) is 8.19. The van der Waals surface area contributed by atoms with Gasteiger partial charge in [0.2, 0.25) is 5.91 Å². The molecule has 0 spiro atoms. The van der Waals surface area contributed by atoms with Crippen LogP contribution in [-0.4, -0.2) is 31.9 Å². The van der Waals surface area contributed by atoms with Gasteiger partial charge in [0.15, 0.2) is 0 Å². The number of halogens is 1. The van der Waals surface area contributed by atoms with Gasteiger partial charge < -0.3 is 10.8 Å². The van der Waals surface area contributed by atoms with Crippen molar-refractivity contribution in [2.45, 2.75) is 13.3 Å². The number of hydrogen-bond acceptors (Lipinski definition) is 5. The Hall–Kier alpha value is -2.78. The molecule has 27 heavy (non-hydrogen) atoms. The van der Waals surface area contributed by atoms with Crippen LogP contribution in [0.2, 0.25) is 5.02 Å². The fraction of sp³-hybridized carbons (Fsp3) is 0.176. The molecule has 1 aliphatic rings. The highest BCUT2D eigenvalue weighted by Crippen LogP contribution is 2.32. The number of carbonyl (C=O) groups excluding carboxylic acids is 2. The second kappa shape index (κ2) is 6.75. The molecule has 8 nitrogen and oxygen atoms in total. The van der Waals surface area contributed by atoms with E-state index in [9.17, 15) is 23.1 Å². The molecule has 0 bridgehead atoms. The molecule has 4 N–H and O–H groups in total. The highest BCUT2D eigenvalue weighted by atomic mass is 35.5. The smallest absolute Gasteiger partial charge is 0.326 e. The van der Waals surface area contributed by atoms with E-state index < -0.39 is 28.6 Å². The molecule has 0 aliphatic carbocycles. The molecule has 2 amide bonds. The van der Waals surface area contributed by atoms with Crippen molar-refractivity contribution in [3.05, 3.63) is 57.6 Å². The molecular weight excluding hydrogens is 394 g/mol. The van der Waals surface area contributed by atoms with Crippen LogP contribution in [0.4, 0.5) is 5.69 Å². The van der Waals surface area contributed by atoms with Crippen molar-refractivity contribution in [2.75, 3.05) is 10.8 Å². The number of primary amides is 1. The predicted octanol–water partition coefficient (Wildman–Crippen LogP) is 1.22. The lowest BCUT2D eigenvalue weighted by Crippen LogP contribution is -2.29. The number of carbonyl (C=O) groups is 2. The number of nitrogens with zero attached hydrogens (tertiary/aromatic N) is 1. The second-order valence-electron chi connectivity index (χ2n) is 6.16. The van der Waals surface area contributed by atoms with Gasteiger partial charge >= 0.3 is 10.2 Å². The topological polar surface area (TPSA) is 130 Å². The van der Waals surface area contributed by atoms with E-state index in [0.717, 1.165) is 4.31 Å². The van der Waals surface area contributed by atoms with E-state index in [0.29, 0.717) is 27.3 Å². The van der Waals surface area contributed by atoms with Gasteiger partial charge in [0.1, 0.15) is 12.3 Å². The van der Waals surface area contributed by atoms with E-state index in [-0.39, 0.29) is 17.9 Å². The zero-order chi connectivity index (χ0) is 19.9.